The van der Waals surface area contributed by atoms with Gasteiger partial charge in [-0.2, -0.15) is 4.31 Å². The second-order valence-electron chi connectivity index (χ2n) is 7.10. The van der Waals surface area contributed by atoms with Crippen molar-refractivity contribution in [1.82, 2.24) is 13.7 Å². The first-order valence-corrected chi connectivity index (χ1v) is 13.2. The minimum atomic E-state index is -3.79. The Morgan fingerprint density at radius 3 is 2.10 bits per heavy atom. The van der Waals surface area contributed by atoms with Crippen molar-refractivity contribution in [2.45, 2.75) is 23.6 Å². The van der Waals surface area contributed by atoms with Gasteiger partial charge < -0.3 is 4.90 Å². The van der Waals surface area contributed by atoms with Crippen LogP contribution in [-0.2, 0) is 24.9 Å². The molecule has 2 aromatic rings. The number of aryl methyl sites for hydroxylation is 2. The number of rotatable bonds is 6. The van der Waals surface area contributed by atoms with Crippen LogP contribution in [0.3, 0.4) is 0 Å². The van der Waals surface area contributed by atoms with E-state index in [1.54, 1.807) is 17.9 Å². The lowest BCUT2D eigenvalue weighted by Crippen LogP contribution is -2.50. The van der Waals surface area contributed by atoms with E-state index < -0.39 is 20.0 Å². The quantitative estimate of drug-likeness (QED) is 0.575. The summed E-state index contributed by atoms with van der Waals surface area (Å²) in [4.78, 5) is 21.1. The lowest BCUT2D eigenvalue weighted by molar-refractivity contribution is -0.0258. The van der Waals surface area contributed by atoms with Crippen molar-refractivity contribution in [1.29, 1.82) is 0 Å². The van der Waals surface area contributed by atoms with E-state index in [0.29, 0.717) is 10.5 Å². The highest BCUT2D eigenvalue weighted by Gasteiger charge is 2.32. The molecular formula is C19H25N3O6S3. The van der Waals surface area contributed by atoms with Crippen LogP contribution in [0.5, 0.6) is 0 Å². The molecule has 12 heteroatoms. The highest BCUT2D eigenvalue weighted by atomic mass is 32.2. The first kappa shape index (κ1) is 23.8. The number of amides is 1. The largest absolute Gasteiger partial charge is 0.336 e. The predicted molar refractivity (Wildman–Crippen MR) is 117 cm³/mol. The van der Waals surface area contributed by atoms with Crippen LogP contribution in [0.1, 0.15) is 20.1 Å². The summed E-state index contributed by atoms with van der Waals surface area (Å²) in [7, 11) is -4.87. The molecule has 0 saturated carbocycles. The van der Waals surface area contributed by atoms with Crippen LogP contribution in [0.2, 0.25) is 0 Å². The van der Waals surface area contributed by atoms with Gasteiger partial charge in [0.25, 0.3) is 15.9 Å². The smallest absolute Gasteiger partial charge is 0.264 e. The van der Waals surface area contributed by atoms with Crippen LogP contribution >= 0.6 is 11.3 Å². The number of hydrogen-bond acceptors (Lipinski definition) is 7. The third kappa shape index (κ3) is 4.69. The van der Waals surface area contributed by atoms with E-state index in [2.05, 4.69) is 0 Å². The topological polar surface area (TPSA) is 104 Å². The van der Waals surface area contributed by atoms with Crippen molar-refractivity contribution in [2.75, 3.05) is 40.3 Å². The molecule has 0 spiro atoms. The lowest BCUT2D eigenvalue weighted by atomic mass is 10.2. The van der Waals surface area contributed by atoms with E-state index >= 15 is 0 Å². The number of hydrogen-bond donors (Lipinski definition) is 0. The van der Waals surface area contributed by atoms with Gasteiger partial charge in [-0.1, -0.05) is 4.47 Å². The fourth-order valence-electron chi connectivity index (χ4n) is 3.33. The number of carbonyl (C=O) groups excluding carboxylic acids is 1. The van der Waals surface area contributed by atoms with Crippen LogP contribution in [-0.4, -0.2) is 76.8 Å². The third-order valence-electron chi connectivity index (χ3n) is 5.13. The van der Waals surface area contributed by atoms with Gasteiger partial charge in [-0.05, 0) is 44.2 Å². The van der Waals surface area contributed by atoms with Crippen LogP contribution in [0.25, 0.3) is 0 Å². The Hall–Kier alpha value is -1.83. The standard InChI is InChI=1S/C19H25N3O6S3/c1-14-13-18(15(2)29-14)31(26,27)22-11-9-21(10-12-22)19(23)16-5-7-17(8-6-16)30(24,25)20(3)28-4/h5-8,13H,9-12H2,1-4H3. The van der Waals surface area contributed by atoms with Crippen LogP contribution < -0.4 is 0 Å². The Balaban J connectivity index is 1.69. The summed E-state index contributed by atoms with van der Waals surface area (Å²) in [5, 5.41) is 0. The fraction of sp³-hybridized carbons (Fsp3) is 0.421. The number of hydroxylamine groups is 1. The Kier molecular flexibility index (Phi) is 6.89. The zero-order chi connectivity index (χ0) is 23.0. The maximum Gasteiger partial charge on any atom is 0.264 e. The minimum Gasteiger partial charge on any atom is -0.336 e. The molecule has 0 atom stereocenters. The molecule has 1 aromatic carbocycles. The Morgan fingerprint density at radius 1 is 1.03 bits per heavy atom. The van der Waals surface area contributed by atoms with E-state index in [0.717, 1.165) is 14.2 Å². The molecule has 0 bridgehead atoms. The summed E-state index contributed by atoms with van der Waals surface area (Å²) in [6.45, 7) is 4.58. The van der Waals surface area contributed by atoms with Gasteiger partial charge in [0.15, 0.2) is 0 Å². The average molecular weight is 488 g/mol. The molecule has 0 N–H and O–H groups in total. The third-order valence-corrected chi connectivity index (χ3v) is 9.95. The molecule has 1 aliphatic heterocycles. The van der Waals surface area contributed by atoms with Gasteiger partial charge in [0.05, 0.1) is 16.9 Å². The fourth-order valence-corrected chi connectivity index (χ4v) is 7.25. The normalized spacial score (nSPS) is 16.1. The molecule has 1 saturated heterocycles. The van der Waals surface area contributed by atoms with Crippen LogP contribution in [0, 0.1) is 13.8 Å². The van der Waals surface area contributed by atoms with E-state index in [1.165, 1.54) is 54.1 Å². The molecule has 2 heterocycles. The molecule has 3 rings (SSSR count). The molecule has 170 valence electrons. The number of thiophene rings is 1. The summed E-state index contributed by atoms with van der Waals surface area (Å²) in [6, 6.07) is 7.27. The van der Waals surface area contributed by atoms with Gasteiger partial charge in [-0.15, -0.1) is 11.3 Å². The zero-order valence-corrected chi connectivity index (χ0v) is 20.2. The number of nitrogens with zero attached hydrogens (tertiary/aromatic N) is 3. The highest BCUT2D eigenvalue weighted by Crippen LogP contribution is 2.28. The Morgan fingerprint density at radius 2 is 1.61 bits per heavy atom. The maximum absolute atomic E-state index is 12.9. The molecule has 0 aliphatic carbocycles. The molecular weight excluding hydrogens is 462 g/mol. The van der Waals surface area contributed by atoms with Crippen molar-refractivity contribution in [3.05, 3.63) is 45.6 Å². The molecule has 9 nitrogen and oxygen atoms in total. The van der Waals surface area contributed by atoms with Crippen molar-refractivity contribution in [2.24, 2.45) is 0 Å². The summed E-state index contributed by atoms with van der Waals surface area (Å²) in [5.74, 6) is -0.274. The zero-order valence-electron chi connectivity index (χ0n) is 17.7. The van der Waals surface area contributed by atoms with E-state index in [4.69, 9.17) is 4.84 Å². The average Bonchev–Trinajstić information content (AvgIpc) is 3.11. The number of benzene rings is 1. The van der Waals surface area contributed by atoms with Gasteiger partial charge >= 0.3 is 0 Å². The van der Waals surface area contributed by atoms with Gasteiger partial charge in [-0.25, -0.2) is 16.8 Å². The van der Waals surface area contributed by atoms with Gasteiger partial charge in [0.1, 0.15) is 0 Å². The van der Waals surface area contributed by atoms with E-state index in [1.807, 2.05) is 6.92 Å². The van der Waals surface area contributed by atoms with Gasteiger partial charge in [-0.3, -0.25) is 9.63 Å². The predicted octanol–water partition coefficient (Wildman–Crippen LogP) is 1.69. The van der Waals surface area contributed by atoms with E-state index in [9.17, 15) is 21.6 Å². The lowest BCUT2D eigenvalue weighted by Gasteiger charge is -2.34. The maximum atomic E-state index is 12.9. The summed E-state index contributed by atoms with van der Waals surface area (Å²) in [6.07, 6.45) is 0. The Bertz CT molecular complexity index is 1160. The number of sulfonamides is 2. The van der Waals surface area contributed by atoms with Crippen molar-refractivity contribution in [3.63, 3.8) is 0 Å². The van der Waals surface area contributed by atoms with Gasteiger partial charge in [0.2, 0.25) is 10.0 Å². The second-order valence-corrected chi connectivity index (χ2v) is 12.4. The summed E-state index contributed by atoms with van der Waals surface area (Å²) < 4.78 is 52.5. The van der Waals surface area contributed by atoms with Crippen molar-refractivity contribution >= 4 is 37.3 Å². The molecule has 0 unspecified atom stereocenters. The number of piperazine rings is 1. The summed E-state index contributed by atoms with van der Waals surface area (Å²) in [5.41, 5.74) is 0.333. The van der Waals surface area contributed by atoms with E-state index in [-0.39, 0.29) is 37.0 Å². The molecule has 31 heavy (non-hydrogen) atoms. The van der Waals surface area contributed by atoms with Crippen molar-refractivity contribution in [3.8, 4) is 0 Å². The first-order valence-electron chi connectivity index (χ1n) is 9.48. The molecule has 1 aliphatic rings. The molecule has 1 fully saturated rings. The van der Waals surface area contributed by atoms with Gasteiger partial charge in [0, 0.05) is 48.5 Å². The second kappa shape index (κ2) is 8.96. The van der Waals surface area contributed by atoms with Crippen molar-refractivity contribution < 1.29 is 26.5 Å². The molecule has 1 amide bonds. The molecule has 1 aromatic heterocycles. The Labute approximate surface area is 186 Å². The van der Waals surface area contributed by atoms with Crippen LogP contribution in [0.4, 0.5) is 0 Å². The SMILES string of the molecule is CON(C)S(=O)(=O)c1ccc(C(=O)N2CCN(S(=O)(=O)c3cc(C)sc3C)CC2)cc1. The minimum absolute atomic E-state index is 0.00531. The number of carbonyl (C=O) groups is 1. The monoisotopic (exact) mass is 487 g/mol. The van der Waals surface area contributed by atoms with Crippen LogP contribution in [0.15, 0.2) is 40.1 Å². The summed E-state index contributed by atoms with van der Waals surface area (Å²) >= 11 is 1.44. The first-order chi connectivity index (χ1) is 14.5. The molecule has 0 radical (unpaired) electrons. The highest BCUT2D eigenvalue weighted by molar-refractivity contribution is 7.89.